The van der Waals surface area contributed by atoms with Crippen molar-refractivity contribution in [3.05, 3.63) is 0 Å². The molecule has 0 aliphatic heterocycles. The molecule has 4 saturated carbocycles. The lowest BCUT2D eigenvalue weighted by atomic mass is 9.45. The summed E-state index contributed by atoms with van der Waals surface area (Å²) in [6.07, 6.45) is 20.0. The summed E-state index contributed by atoms with van der Waals surface area (Å²) < 4.78 is 0. The Kier molecular flexibility index (Phi) is 9.97. The van der Waals surface area contributed by atoms with Gasteiger partial charge in [-0.1, -0.05) is 46.5 Å². The second kappa shape index (κ2) is 11.2. The Morgan fingerprint density at radius 3 is 2.32 bits per heavy atom. The molecule has 0 saturated heterocycles. The second-order valence-corrected chi connectivity index (χ2v) is 10.5. The van der Waals surface area contributed by atoms with Crippen LogP contribution in [0.4, 0.5) is 0 Å². The maximum atomic E-state index is 8.36. The van der Waals surface area contributed by atoms with Gasteiger partial charge in [-0.25, -0.2) is 0 Å². The van der Waals surface area contributed by atoms with Crippen LogP contribution >= 0.6 is 31.0 Å². The van der Waals surface area contributed by atoms with E-state index < -0.39 is 0 Å². The molecule has 0 amide bonds. The van der Waals surface area contributed by atoms with Crippen LogP contribution in [0.5, 0.6) is 0 Å². The molecule has 0 aromatic heterocycles. The molecule has 4 aliphatic carbocycles. The molecule has 0 aromatic carbocycles. The largest absolute Gasteiger partial charge is 0.483 e. The van der Waals surface area contributed by atoms with Crippen LogP contribution < -0.4 is 0 Å². The minimum Gasteiger partial charge on any atom is -0.483 e. The molecule has 2 nitrogen and oxygen atoms in total. The number of carbonyl (C=O) groups is 1. The molecule has 4 fully saturated rings. The van der Waals surface area contributed by atoms with E-state index in [1.165, 1.54) is 32.1 Å². The average molecular weight is 523 g/mol. The van der Waals surface area contributed by atoms with Crippen LogP contribution in [0.25, 0.3) is 0 Å². The SMILES string of the molecule is CCCCC1CCC2C3CCC4CCCCC4(C)C3CCC12C.O=CO.SI. The van der Waals surface area contributed by atoms with E-state index in [0.29, 0.717) is 5.41 Å². The molecule has 1 N–H and O–H groups in total. The summed E-state index contributed by atoms with van der Waals surface area (Å²) in [7, 11) is 3.50. The molecule has 0 radical (unpaired) electrons. The summed E-state index contributed by atoms with van der Waals surface area (Å²) in [6.45, 7) is 7.56. The lowest BCUT2D eigenvalue weighted by Gasteiger charge is -2.60. The molecule has 0 bridgehead atoms. The summed E-state index contributed by atoms with van der Waals surface area (Å²) in [5, 5.41) is 6.89. The first-order chi connectivity index (χ1) is 13.5. The van der Waals surface area contributed by atoms with Gasteiger partial charge in [0.1, 0.15) is 0 Å². The molecule has 4 rings (SSSR count). The zero-order valence-electron chi connectivity index (χ0n) is 18.3. The van der Waals surface area contributed by atoms with Gasteiger partial charge >= 0.3 is 0 Å². The summed E-state index contributed by atoms with van der Waals surface area (Å²) in [4.78, 5) is 8.36. The van der Waals surface area contributed by atoms with Crippen molar-refractivity contribution in [3.8, 4) is 0 Å². The van der Waals surface area contributed by atoms with Gasteiger partial charge < -0.3 is 5.11 Å². The third kappa shape index (κ3) is 4.73. The highest BCUT2D eigenvalue weighted by Gasteiger charge is 2.59. The van der Waals surface area contributed by atoms with E-state index in [9.17, 15) is 0 Å². The summed E-state index contributed by atoms with van der Waals surface area (Å²) >= 11 is 1.84. The lowest BCUT2D eigenvalue weighted by Crippen LogP contribution is -2.52. The number of thiol groups is 1. The Labute approximate surface area is 191 Å². The summed E-state index contributed by atoms with van der Waals surface area (Å²) in [6, 6.07) is 0. The van der Waals surface area contributed by atoms with Gasteiger partial charge in [-0.2, -0.15) is 0 Å². The van der Waals surface area contributed by atoms with Crippen molar-refractivity contribution in [2.75, 3.05) is 0 Å². The monoisotopic (exact) mass is 522 g/mol. The molecular weight excluding hydrogens is 479 g/mol. The predicted octanol–water partition coefficient (Wildman–Crippen LogP) is 8.19. The van der Waals surface area contributed by atoms with Crippen molar-refractivity contribution in [3.63, 3.8) is 0 Å². The van der Waals surface area contributed by atoms with Crippen molar-refractivity contribution >= 4 is 37.5 Å². The van der Waals surface area contributed by atoms with Crippen LogP contribution in [0.15, 0.2) is 0 Å². The molecular formula is C24H43IO2S. The predicted molar refractivity (Wildman–Crippen MR) is 131 cm³/mol. The average Bonchev–Trinajstić information content (AvgIpc) is 3.04. The Morgan fingerprint density at radius 1 is 0.964 bits per heavy atom. The van der Waals surface area contributed by atoms with Crippen LogP contribution in [-0.4, -0.2) is 11.6 Å². The number of hydrogen-bond donors (Lipinski definition) is 2. The second-order valence-electron chi connectivity index (χ2n) is 10.5. The fourth-order valence-electron chi connectivity index (χ4n) is 8.33. The van der Waals surface area contributed by atoms with E-state index in [4.69, 9.17) is 9.90 Å². The van der Waals surface area contributed by atoms with Gasteiger partial charge in [0.2, 0.25) is 0 Å². The molecule has 7 unspecified atom stereocenters. The smallest absolute Gasteiger partial charge is 0.290 e. The molecule has 4 aliphatic rings. The van der Waals surface area contributed by atoms with Gasteiger partial charge in [0.25, 0.3) is 6.47 Å². The number of fused-ring (bicyclic) bond motifs is 5. The van der Waals surface area contributed by atoms with Crippen LogP contribution in [0.1, 0.15) is 104 Å². The molecule has 0 spiro atoms. The molecule has 7 atom stereocenters. The maximum absolute atomic E-state index is 8.36. The van der Waals surface area contributed by atoms with E-state index in [-0.39, 0.29) is 6.47 Å². The van der Waals surface area contributed by atoms with E-state index in [1.807, 2.05) is 21.2 Å². The number of carboxylic acid groups (broad SMARTS) is 1. The maximum Gasteiger partial charge on any atom is 0.290 e. The number of unbranched alkanes of at least 4 members (excludes halogenated alkanes) is 1. The van der Waals surface area contributed by atoms with E-state index in [2.05, 4.69) is 30.6 Å². The third-order valence-corrected chi connectivity index (χ3v) is 9.69. The fourth-order valence-corrected chi connectivity index (χ4v) is 8.33. The molecule has 0 aromatic rings. The van der Waals surface area contributed by atoms with E-state index >= 15 is 0 Å². The Bertz CT molecular complexity index is 487. The van der Waals surface area contributed by atoms with Gasteiger partial charge in [0, 0.05) is 0 Å². The minimum absolute atomic E-state index is 0.250. The minimum atomic E-state index is -0.250. The first-order valence-corrected chi connectivity index (χ1v) is 15.0. The Morgan fingerprint density at radius 2 is 1.64 bits per heavy atom. The number of rotatable bonds is 3. The summed E-state index contributed by atoms with van der Waals surface area (Å²) in [5.41, 5.74) is 1.44. The van der Waals surface area contributed by atoms with Crippen LogP contribution in [0, 0.1) is 40.4 Å². The number of halogens is 1. The molecule has 28 heavy (non-hydrogen) atoms. The standard InChI is InChI=1S/C23H40.CH2O2.HIS/c1-4-5-8-17-11-13-20-19-12-10-18-9-6-7-15-22(18,2)21(19)14-16-23(17,20)3;2-1-3;1-2/h17-21H,4-16H2,1-3H3;1H,(H,2,3);2H. The summed E-state index contributed by atoms with van der Waals surface area (Å²) in [5.74, 6) is 5.41. The fraction of sp³-hybridized carbons (Fsp3) is 0.958. The molecule has 0 heterocycles. The van der Waals surface area contributed by atoms with Gasteiger partial charge in [-0.05, 0) is 119 Å². The lowest BCUT2D eigenvalue weighted by molar-refractivity contribution is -0.122. The zero-order chi connectivity index (χ0) is 20.8. The third-order valence-electron chi connectivity index (χ3n) is 9.69. The van der Waals surface area contributed by atoms with Crippen molar-refractivity contribution in [1.82, 2.24) is 0 Å². The quantitative estimate of drug-likeness (QED) is 0.223. The first kappa shape index (κ1) is 24.8. The van der Waals surface area contributed by atoms with Crippen molar-refractivity contribution in [2.24, 2.45) is 40.4 Å². The van der Waals surface area contributed by atoms with Crippen molar-refractivity contribution in [1.29, 1.82) is 0 Å². The Hall–Kier alpha value is 0.550. The van der Waals surface area contributed by atoms with Gasteiger partial charge in [0.15, 0.2) is 0 Å². The van der Waals surface area contributed by atoms with Crippen LogP contribution in [-0.2, 0) is 4.79 Å². The van der Waals surface area contributed by atoms with Crippen molar-refractivity contribution in [2.45, 2.75) is 104 Å². The topological polar surface area (TPSA) is 37.3 Å². The van der Waals surface area contributed by atoms with E-state index in [0.717, 1.165) is 35.0 Å². The van der Waals surface area contributed by atoms with E-state index in [1.54, 1.807) is 51.4 Å². The number of hydrogen-bond acceptors (Lipinski definition) is 2. The van der Waals surface area contributed by atoms with Crippen molar-refractivity contribution < 1.29 is 9.90 Å². The normalized spacial score (nSPS) is 43.8. The molecule has 164 valence electrons. The first-order valence-electron chi connectivity index (χ1n) is 11.8. The van der Waals surface area contributed by atoms with Crippen LogP contribution in [0.3, 0.4) is 0 Å². The Balaban J connectivity index is 0.000000514. The highest BCUT2D eigenvalue weighted by atomic mass is 127. The highest BCUT2D eigenvalue weighted by Crippen LogP contribution is 2.67. The van der Waals surface area contributed by atoms with Gasteiger partial charge in [-0.3, -0.25) is 4.79 Å². The zero-order valence-corrected chi connectivity index (χ0v) is 21.4. The van der Waals surface area contributed by atoms with Crippen LogP contribution in [0.2, 0.25) is 0 Å². The van der Waals surface area contributed by atoms with Gasteiger partial charge in [-0.15, -0.1) is 9.80 Å². The van der Waals surface area contributed by atoms with Gasteiger partial charge in [0.05, 0.1) is 0 Å². The highest BCUT2D eigenvalue weighted by molar-refractivity contribution is 14.2. The molecule has 4 heteroatoms.